The maximum Gasteiger partial charge on any atom is 0.319 e. The highest BCUT2D eigenvalue weighted by Gasteiger charge is 2.50. The van der Waals surface area contributed by atoms with E-state index >= 15 is 0 Å². The molecule has 2 N–H and O–H groups in total. The van der Waals surface area contributed by atoms with E-state index in [1.54, 1.807) is 0 Å². The van der Waals surface area contributed by atoms with Crippen LogP contribution in [0, 0.1) is 5.41 Å². The number of amides is 1. The molecule has 1 rings (SSSR count). The summed E-state index contributed by atoms with van der Waals surface area (Å²) < 4.78 is 0. The van der Waals surface area contributed by atoms with Gasteiger partial charge in [0.05, 0.1) is 0 Å². The molecule has 0 radical (unpaired) electrons. The first-order valence-corrected chi connectivity index (χ1v) is 7.08. The SMILES string of the molecule is CC(C)N(CCNC(=O)C1(C(=O)O)CCC1)C(C)C. The summed E-state index contributed by atoms with van der Waals surface area (Å²) in [5, 5.41) is 12.0. The number of hydrogen-bond donors (Lipinski definition) is 2. The van der Waals surface area contributed by atoms with Gasteiger partial charge in [0.15, 0.2) is 0 Å². The van der Waals surface area contributed by atoms with Crippen molar-refractivity contribution >= 4 is 11.9 Å². The van der Waals surface area contributed by atoms with Gasteiger partial charge >= 0.3 is 5.97 Å². The van der Waals surface area contributed by atoms with Gasteiger partial charge in [0.25, 0.3) is 0 Å². The van der Waals surface area contributed by atoms with Crippen molar-refractivity contribution < 1.29 is 14.7 Å². The Balaban J connectivity index is 2.44. The highest BCUT2D eigenvalue weighted by Crippen LogP contribution is 2.41. The molecule has 1 saturated carbocycles. The summed E-state index contributed by atoms with van der Waals surface area (Å²) in [4.78, 5) is 25.5. The molecule has 0 atom stereocenters. The highest BCUT2D eigenvalue weighted by atomic mass is 16.4. The molecule has 0 bridgehead atoms. The number of carbonyl (C=O) groups is 2. The third kappa shape index (κ3) is 3.47. The Labute approximate surface area is 115 Å². The molecule has 110 valence electrons. The Hall–Kier alpha value is -1.10. The van der Waals surface area contributed by atoms with Crippen LogP contribution in [-0.4, -0.2) is 47.1 Å². The van der Waals surface area contributed by atoms with E-state index < -0.39 is 11.4 Å². The monoisotopic (exact) mass is 270 g/mol. The lowest BCUT2D eigenvalue weighted by Crippen LogP contribution is -2.52. The maximum absolute atomic E-state index is 12.0. The minimum absolute atomic E-state index is 0.321. The van der Waals surface area contributed by atoms with Crippen molar-refractivity contribution in [1.82, 2.24) is 10.2 Å². The van der Waals surface area contributed by atoms with Crippen LogP contribution in [0.4, 0.5) is 0 Å². The van der Waals surface area contributed by atoms with Crippen LogP contribution in [0.3, 0.4) is 0 Å². The molecule has 0 spiro atoms. The van der Waals surface area contributed by atoms with E-state index in [-0.39, 0.29) is 5.91 Å². The Bertz CT molecular complexity index is 328. The van der Waals surface area contributed by atoms with E-state index in [4.69, 9.17) is 5.11 Å². The fourth-order valence-electron chi connectivity index (χ4n) is 2.65. The zero-order chi connectivity index (χ0) is 14.6. The largest absolute Gasteiger partial charge is 0.480 e. The van der Waals surface area contributed by atoms with Crippen LogP contribution in [0.25, 0.3) is 0 Å². The summed E-state index contributed by atoms with van der Waals surface area (Å²) in [6.45, 7) is 9.72. The maximum atomic E-state index is 12.0. The molecule has 5 nitrogen and oxygen atoms in total. The van der Waals surface area contributed by atoms with Crippen molar-refractivity contribution in [3.63, 3.8) is 0 Å². The fraction of sp³-hybridized carbons (Fsp3) is 0.857. The first-order valence-electron chi connectivity index (χ1n) is 7.08. The molecular weight excluding hydrogens is 244 g/mol. The minimum Gasteiger partial charge on any atom is -0.480 e. The second-order valence-electron chi connectivity index (χ2n) is 5.92. The first kappa shape index (κ1) is 16.0. The number of nitrogens with one attached hydrogen (secondary N) is 1. The van der Waals surface area contributed by atoms with Crippen molar-refractivity contribution in [2.45, 2.75) is 59.0 Å². The smallest absolute Gasteiger partial charge is 0.319 e. The molecular formula is C14H26N2O3. The number of nitrogens with zero attached hydrogens (tertiary/aromatic N) is 1. The zero-order valence-electron chi connectivity index (χ0n) is 12.4. The Kier molecular flexibility index (Phi) is 5.35. The van der Waals surface area contributed by atoms with Gasteiger partial charge in [-0.2, -0.15) is 0 Å². The average molecular weight is 270 g/mol. The van der Waals surface area contributed by atoms with Crippen molar-refractivity contribution in [3.8, 4) is 0 Å². The molecule has 1 aliphatic carbocycles. The lowest BCUT2D eigenvalue weighted by molar-refractivity contribution is -0.162. The van der Waals surface area contributed by atoms with Crippen molar-refractivity contribution in [1.29, 1.82) is 0 Å². The van der Waals surface area contributed by atoms with Gasteiger partial charge in [0, 0.05) is 25.2 Å². The van der Waals surface area contributed by atoms with Gasteiger partial charge in [0.1, 0.15) is 5.41 Å². The van der Waals surface area contributed by atoms with Crippen LogP contribution in [0.1, 0.15) is 47.0 Å². The van der Waals surface area contributed by atoms with Crippen LogP contribution in [-0.2, 0) is 9.59 Å². The average Bonchev–Trinajstić information content (AvgIpc) is 2.20. The second kappa shape index (κ2) is 6.37. The van der Waals surface area contributed by atoms with E-state index in [1.807, 2.05) is 0 Å². The van der Waals surface area contributed by atoms with Crippen molar-refractivity contribution in [3.05, 3.63) is 0 Å². The van der Waals surface area contributed by atoms with Gasteiger partial charge in [-0.3, -0.25) is 14.5 Å². The van der Waals surface area contributed by atoms with Crippen LogP contribution in [0.5, 0.6) is 0 Å². The van der Waals surface area contributed by atoms with E-state index in [1.165, 1.54) is 0 Å². The van der Waals surface area contributed by atoms with Gasteiger partial charge in [-0.05, 0) is 40.5 Å². The second-order valence-corrected chi connectivity index (χ2v) is 5.92. The van der Waals surface area contributed by atoms with Gasteiger partial charge in [-0.1, -0.05) is 6.42 Å². The summed E-state index contributed by atoms with van der Waals surface area (Å²) in [6, 6.07) is 0.822. The van der Waals surface area contributed by atoms with E-state index in [9.17, 15) is 9.59 Å². The Morgan fingerprint density at radius 2 is 1.74 bits per heavy atom. The Morgan fingerprint density at radius 3 is 2.05 bits per heavy atom. The van der Waals surface area contributed by atoms with Crippen LogP contribution >= 0.6 is 0 Å². The van der Waals surface area contributed by atoms with Crippen molar-refractivity contribution in [2.24, 2.45) is 5.41 Å². The normalized spacial score (nSPS) is 17.6. The third-order valence-corrected chi connectivity index (χ3v) is 4.03. The predicted octanol–water partition coefficient (Wildman–Crippen LogP) is 1.48. The molecule has 19 heavy (non-hydrogen) atoms. The summed E-state index contributed by atoms with van der Waals surface area (Å²) >= 11 is 0. The molecule has 0 aromatic carbocycles. The topological polar surface area (TPSA) is 69.6 Å². The molecule has 0 aromatic rings. The fourth-order valence-corrected chi connectivity index (χ4v) is 2.65. The quantitative estimate of drug-likeness (QED) is 0.687. The van der Waals surface area contributed by atoms with E-state index in [0.717, 1.165) is 13.0 Å². The molecule has 1 aliphatic rings. The summed E-state index contributed by atoms with van der Waals surface area (Å²) in [6.07, 6.45) is 1.75. The zero-order valence-corrected chi connectivity index (χ0v) is 12.4. The number of carbonyl (C=O) groups excluding carboxylic acids is 1. The van der Waals surface area contributed by atoms with Crippen LogP contribution < -0.4 is 5.32 Å². The number of hydrogen-bond acceptors (Lipinski definition) is 3. The van der Waals surface area contributed by atoms with Crippen LogP contribution in [0.15, 0.2) is 0 Å². The minimum atomic E-state index is -1.15. The first-order chi connectivity index (χ1) is 8.81. The molecule has 0 saturated heterocycles. The van der Waals surface area contributed by atoms with Gasteiger partial charge in [-0.15, -0.1) is 0 Å². The predicted molar refractivity (Wildman–Crippen MR) is 73.9 cm³/mol. The van der Waals surface area contributed by atoms with Crippen LogP contribution in [0.2, 0.25) is 0 Å². The number of rotatable bonds is 7. The van der Waals surface area contributed by atoms with E-state index in [2.05, 4.69) is 37.9 Å². The molecule has 5 heteroatoms. The van der Waals surface area contributed by atoms with E-state index in [0.29, 0.717) is 31.5 Å². The number of carboxylic acid groups (broad SMARTS) is 1. The molecule has 0 heterocycles. The van der Waals surface area contributed by atoms with Crippen molar-refractivity contribution in [2.75, 3.05) is 13.1 Å². The molecule has 0 unspecified atom stereocenters. The molecule has 0 aliphatic heterocycles. The molecule has 1 amide bonds. The van der Waals surface area contributed by atoms with Gasteiger partial charge < -0.3 is 10.4 Å². The van der Waals surface area contributed by atoms with Gasteiger partial charge in [0.2, 0.25) is 5.91 Å². The Morgan fingerprint density at radius 1 is 1.21 bits per heavy atom. The number of carboxylic acids is 1. The summed E-state index contributed by atoms with van der Waals surface area (Å²) in [5.74, 6) is -1.31. The van der Waals surface area contributed by atoms with Gasteiger partial charge in [-0.25, -0.2) is 0 Å². The lowest BCUT2D eigenvalue weighted by Gasteiger charge is -2.36. The number of aliphatic carboxylic acids is 1. The standard InChI is InChI=1S/C14H26N2O3/c1-10(2)16(11(3)4)9-8-15-12(17)14(13(18)19)6-5-7-14/h10-11H,5-9H2,1-4H3,(H,15,17)(H,18,19). The third-order valence-electron chi connectivity index (χ3n) is 4.03. The lowest BCUT2D eigenvalue weighted by atomic mass is 9.68. The molecule has 1 fully saturated rings. The highest BCUT2D eigenvalue weighted by molar-refractivity contribution is 6.02. The molecule has 0 aromatic heterocycles. The summed E-state index contributed by atoms with van der Waals surface area (Å²) in [7, 11) is 0. The summed E-state index contributed by atoms with van der Waals surface area (Å²) in [5.41, 5.74) is -1.15.